The van der Waals surface area contributed by atoms with Gasteiger partial charge in [-0.1, -0.05) is 13.8 Å². The van der Waals surface area contributed by atoms with Gasteiger partial charge in [0.15, 0.2) is 6.21 Å². The summed E-state index contributed by atoms with van der Waals surface area (Å²) in [7, 11) is -3.61. The second kappa shape index (κ2) is 4.30. The molecule has 0 saturated carbocycles. The summed E-state index contributed by atoms with van der Waals surface area (Å²) in [5.74, 6) is -1.36. The predicted octanol–water partition coefficient (Wildman–Crippen LogP) is 1.06. The van der Waals surface area contributed by atoms with Gasteiger partial charge in [0.2, 0.25) is 5.91 Å². The summed E-state index contributed by atoms with van der Waals surface area (Å²) < 4.78 is 24.0. The molecule has 2 N–H and O–H groups in total. The highest BCUT2D eigenvalue weighted by Crippen LogP contribution is 2.66. The van der Waals surface area contributed by atoms with E-state index in [2.05, 4.69) is 0 Å². The van der Waals surface area contributed by atoms with E-state index in [9.17, 15) is 14.6 Å². The number of rotatable bonds is 2. The molecule has 19 heavy (non-hydrogen) atoms. The maximum absolute atomic E-state index is 12.8. The van der Waals surface area contributed by atoms with Gasteiger partial charge in [-0.25, -0.2) is 0 Å². The van der Waals surface area contributed by atoms with Crippen LogP contribution in [0.25, 0.3) is 0 Å². The minimum Gasteiger partial charge on any atom is -0.623 e. The topological polar surface area (TPSA) is 105 Å². The third-order valence-electron chi connectivity index (χ3n) is 3.60. The number of amides is 1. The number of nitrogens with zero attached hydrogens (tertiary/aromatic N) is 1. The third-order valence-corrected chi connectivity index (χ3v) is 6.10. The highest BCUT2D eigenvalue weighted by atomic mass is 31.2. The van der Waals surface area contributed by atoms with E-state index < -0.39 is 24.7 Å². The Balaban J connectivity index is 2.25. The molecule has 8 heteroatoms. The normalized spacial score (nSPS) is 36.8. The minimum atomic E-state index is -3.61. The third kappa shape index (κ3) is 2.30. The number of hydrogen-bond donors (Lipinski definition) is 1. The van der Waals surface area contributed by atoms with Crippen LogP contribution >= 0.6 is 7.60 Å². The predicted molar refractivity (Wildman–Crippen MR) is 68.7 cm³/mol. The first-order valence-electron chi connectivity index (χ1n) is 6.10. The van der Waals surface area contributed by atoms with Gasteiger partial charge in [-0.2, -0.15) is 4.74 Å². The molecule has 0 aliphatic carbocycles. The smallest absolute Gasteiger partial charge is 0.401 e. The van der Waals surface area contributed by atoms with Crippen LogP contribution in [-0.4, -0.2) is 35.4 Å². The maximum Gasteiger partial charge on any atom is 0.401 e. The Morgan fingerprint density at radius 3 is 2.37 bits per heavy atom. The molecular formula is C11H19N2O5P. The van der Waals surface area contributed by atoms with Crippen molar-refractivity contribution in [2.45, 2.75) is 32.5 Å². The lowest BCUT2D eigenvalue weighted by Crippen LogP contribution is -2.40. The first-order chi connectivity index (χ1) is 8.60. The van der Waals surface area contributed by atoms with E-state index in [4.69, 9.17) is 14.8 Å². The zero-order valence-corrected chi connectivity index (χ0v) is 12.2. The van der Waals surface area contributed by atoms with Crippen LogP contribution in [0.1, 0.15) is 27.2 Å². The molecule has 2 unspecified atom stereocenters. The van der Waals surface area contributed by atoms with E-state index in [-0.39, 0.29) is 25.0 Å². The molecular weight excluding hydrogens is 271 g/mol. The standard InChI is InChI=1S/C11H19N2O5P/c1-10(2)6-17-19(16,18-7-10)11(3)4-8(9(12)14)5-13(11)15/h5,8H,4,6-7H2,1-3H3,(H2,12,14). The molecule has 2 aliphatic rings. The molecule has 2 aliphatic heterocycles. The van der Waals surface area contributed by atoms with E-state index >= 15 is 0 Å². The van der Waals surface area contributed by atoms with Crippen molar-refractivity contribution in [3.05, 3.63) is 5.21 Å². The van der Waals surface area contributed by atoms with Gasteiger partial charge < -0.3 is 20.0 Å². The molecule has 2 heterocycles. The van der Waals surface area contributed by atoms with Crippen molar-refractivity contribution in [3.63, 3.8) is 0 Å². The van der Waals surface area contributed by atoms with Gasteiger partial charge >= 0.3 is 7.60 Å². The van der Waals surface area contributed by atoms with E-state index in [0.29, 0.717) is 4.74 Å². The molecule has 0 spiro atoms. The molecule has 0 aromatic rings. The zero-order chi connectivity index (χ0) is 14.5. The Kier molecular flexibility index (Phi) is 3.28. The summed E-state index contributed by atoms with van der Waals surface area (Å²) in [5, 5.41) is 10.6. The minimum absolute atomic E-state index is 0.0452. The van der Waals surface area contributed by atoms with Crippen LogP contribution in [0.5, 0.6) is 0 Å². The zero-order valence-electron chi connectivity index (χ0n) is 11.3. The van der Waals surface area contributed by atoms with E-state index in [1.165, 1.54) is 6.92 Å². The Hall–Kier alpha value is -0.910. The van der Waals surface area contributed by atoms with Crippen molar-refractivity contribution >= 4 is 19.7 Å². The molecule has 2 rings (SSSR count). The summed E-state index contributed by atoms with van der Waals surface area (Å²) in [4.78, 5) is 11.2. The van der Waals surface area contributed by atoms with Crippen molar-refractivity contribution in [3.8, 4) is 0 Å². The molecule has 0 aromatic heterocycles. The summed E-state index contributed by atoms with van der Waals surface area (Å²) in [6.07, 6.45) is 1.19. The van der Waals surface area contributed by atoms with Gasteiger partial charge in [-0.15, -0.1) is 0 Å². The number of nitrogens with two attached hydrogens (primary N) is 1. The van der Waals surface area contributed by atoms with Gasteiger partial charge in [0.1, 0.15) is 5.92 Å². The molecule has 0 bridgehead atoms. The van der Waals surface area contributed by atoms with Crippen molar-refractivity contribution in [2.24, 2.45) is 17.1 Å². The highest BCUT2D eigenvalue weighted by Gasteiger charge is 2.62. The van der Waals surface area contributed by atoms with Crippen LogP contribution in [0.4, 0.5) is 0 Å². The molecule has 7 nitrogen and oxygen atoms in total. The molecule has 1 fully saturated rings. The fourth-order valence-electron chi connectivity index (χ4n) is 2.17. The van der Waals surface area contributed by atoms with Gasteiger partial charge in [-0.3, -0.25) is 9.36 Å². The summed E-state index contributed by atoms with van der Waals surface area (Å²) in [6.45, 7) is 5.81. The average Bonchev–Trinajstić information content (AvgIpc) is 2.62. The van der Waals surface area contributed by atoms with Crippen molar-refractivity contribution < 1.29 is 23.1 Å². The Morgan fingerprint density at radius 1 is 1.42 bits per heavy atom. The molecule has 2 atom stereocenters. The van der Waals surface area contributed by atoms with Gasteiger partial charge in [0, 0.05) is 18.8 Å². The number of carbonyl (C=O) groups is 1. The molecule has 0 aromatic carbocycles. The lowest BCUT2D eigenvalue weighted by Gasteiger charge is -2.39. The van der Waals surface area contributed by atoms with Crippen LogP contribution in [0.15, 0.2) is 0 Å². The number of primary amides is 1. The molecule has 1 saturated heterocycles. The first kappa shape index (κ1) is 14.5. The maximum atomic E-state index is 12.8. The Labute approximate surface area is 111 Å². The van der Waals surface area contributed by atoms with Crippen LogP contribution < -0.4 is 5.73 Å². The molecule has 0 radical (unpaired) electrons. The highest BCUT2D eigenvalue weighted by molar-refractivity contribution is 7.55. The average molecular weight is 290 g/mol. The monoisotopic (exact) mass is 290 g/mol. The van der Waals surface area contributed by atoms with E-state index in [0.717, 1.165) is 6.21 Å². The first-order valence-corrected chi connectivity index (χ1v) is 7.64. The Bertz CT molecular complexity index is 475. The second-order valence-corrected chi connectivity index (χ2v) is 8.59. The summed E-state index contributed by atoms with van der Waals surface area (Å²) in [5.41, 5.74) is 4.94. The number of hydrogen-bond acceptors (Lipinski definition) is 5. The SMILES string of the molecule is CC1(C)COP(=O)(C2(C)CC(C(N)=O)C=[N+]2[O-])OC1. The second-order valence-electron chi connectivity index (χ2n) is 6.11. The van der Waals surface area contributed by atoms with Crippen LogP contribution in [0, 0.1) is 16.5 Å². The Morgan fingerprint density at radius 2 is 1.95 bits per heavy atom. The fraction of sp³-hybridized carbons (Fsp3) is 0.818. The van der Waals surface area contributed by atoms with E-state index in [1.54, 1.807) is 0 Å². The van der Waals surface area contributed by atoms with Crippen LogP contribution in [0.2, 0.25) is 0 Å². The summed E-state index contributed by atoms with van der Waals surface area (Å²) in [6, 6.07) is 0. The molecule has 1 amide bonds. The van der Waals surface area contributed by atoms with Crippen molar-refractivity contribution in [1.82, 2.24) is 0 Å². The summed E-state index contributed by atoms with van der Waals surface area (Å²) >= 11 is 0. The van der Waals surface area contributed by atoms with Crippen LogP contribution in [0.3, 0.4) is 0 Å². The van der Waals surface area contributed by atoms with Crippen LogP contribution in [-0.2, 0) is 18.4 Å². The largest absolute Gasteiger partial charge is 0.623 e. The number of carbonyl (C=O) groups excluding carboxylic acids is 1. The van der Waals surface area contributed by atoms with E-state index in [1.807, 2.05) is 13.8 Å². The van der Waals surface area contributed by atoms with Gasteiger partial charge in [0.25, 0.3) is 5.28 Å². The lowest BCUT2D eigenvalue weighted by atomic mass is 9.97. The van der Waals surface area contributed by atoms with Gasteiger partial charge in [-0.05, 0) is 0 Å². The quantitative estimate of drug-likeness (QED) is 0.465. The molecule has 108 valence electrons. The fourth-order valence-corrected chi connectivity index (χ4v) is 4.56. The van der Waals surface area contributed by atoms with Gasteiger partial charge in [0.05, 0.1) is 13.2 Å². The lowest BCUT2D eigenvalue weighted by molar-refractivity contribution is -0.507. The number of hydroxylamine groups is 1. The van der Waals surface area contributed by atoms with Crippen molar-refractivity contribution in [2.75, 3.05) is 13.2 Å². The van der Waals surface area contributed by atoms with Crippen molar-refractivity contribution in [1.29, 1.82) is 0 Å².